The molecule has 0 atom stereocenters. The summed E-state index contributed by atoms with van der Waals surface area (Å²) in [5, 5.41) is 2.42. The van der Waals surface area contributed by atoms with Crippen LogP contribution in [0.2, 0.25) is 0 Å². The van der Waals surface area contributed by atoms with Crippen molar-refractivity contribution in [1.82, 2.24) is 0 Å². The highest BCUT2D eigenvalue weighted by Crippen LogP contribution is 2.27. The summed E-state index contributed by atoms with van der Waals surface area (Å²) in [7, 11) is 0. The molecule has 1 saturated carbocycles. The van der Waals surface area contributed by atoms with Crippen LogP contribution in [0.1, 0.15) is 25.7 Å². The number of allylic oxidation sites excluding steroid dienone is 1. The zero-order valence-corrected chi connectivity index (χ0v) is 6.38. The summed E-state index contributed by atoms with van der Waals surface area (Å²) in [6.07, 6.45) is 3.24. The van der Waals surface area contributed by atoms with Crippen molar-refractivity contribution >= 4 is 5.91 Å². The van der Waals surface area contributed by atoms with Crippen molar-refractivity contribution in [3.8, 4) is 0 Å². The molecule has 0 aromatic heterocycles. The van der Waals surface area contributed by atoms with E-state index >= 15 is 0 Å². The van der Waals surface area contributed by atoms with Gasteiger partial charge in [-0.25, -0.2) is 0 Å². The topological polar surface area (TPSA) is 46.5 Å². The number of nitroso groups, excluding NO2 is 1. The Kier molecular flexibility index (Phi) is 2.52. The summed E-state index contributed by atoms with van der Waals surface area (Å²) >= 11 is 0. The molecule has 11 heavy (non-hydrogen) atoms. The van der Waals surface area contributed by atoms with Gasteiger partial charge in [-0.15, -0.1) is 4.91 Å². The van der Waals surface area contributed by atoms with Crippen LogP contribution in [0.4, 0.5) is 0 Å². The van der Waals surface area contributed by atoms with Crippen LogP contribution in [0, 0.1) is 10.8 Å². The van der Waals surface area contributed by atoms with Gasteiger partial charge in [0.2, 0.25) is 0 Å². The average molecular weight is 153 g/mol. The highest BCUT2D eigenvalue weighted by atomic mass is 16.3. The van der Waals surface area contributed by atoms with Gasteiger partial charge in [0.1, 0.15) is 0 Å². The standard InChI is InChI=1S/C8H11NO2/c1-6-2-4-7(5-3-6)8(10)9-11/h7H,1-5H2. The number of hydrogen-bond acceptors (Lipinski definition) is 2. The molecule has 3 heteroatoms. The highest BCUT2D eigenvalue weighted by Gasteiger charge is 2.22. The third kappa shape index (κ3) is 1.97. The lowest BCUT2D eigenvalue weighted by atomic mass is 9.86. The van der Waals surface area contributed by atoms with Crippen LogP contribution in [0.15, 0.2) is 17.3 Å². The fourth-order valence-electron chi connectivity index (χ4n) is 1.35. The molecule has 0 N–H and O–H groups in total. The Morgan fingerprint density at radius 2 is 2.00 bits per heavy atom. The summed E-state index contributed by atoms with van der Waals surface area (Å²) in [6, 6.07) is 0. The van der Waals surface area contributed by atoms with Gasteiger partial charge in [0.25, 0.3) is 5.91 Å². The first-order valence-corrected chi connectivity index (χ1v) is 3.78. The van der Waals surface area contributed by atoms with Crippen molar-refractivity contribution in [2.75, 3.05) is 0 Å². The van der Waals surface area contributed by atoms with Crippen molar-refractivity contribution in [3.05, 3.63) is 17.1 Å². The fraction of sp³-hybridized carbons (Fsp3) is 0.625. The average Bonchev–Trinajstić information content (AvgIpc) is 2.05. The second-order valence-electron chi connectivity index (χ2n) is 2.95. The smallest absolute Gasteiger partial charge is 0.269 e. The molecule has 1 aliphatic rings. The van der Waals surface area contributed by atoms with Crippen molar-refractivity contribution < 1.29 is 4.79 Å². The second kappa shape index (κ2) is 3.42. The van der Waals surface area contributed by atoms with Crippen molar-refractivity contribution in [3.63, 3.8) is 0 Å². The van der Waals surface area contributed by atoms with E-state index in [1.165, 1.54) is 5.57 Å². The molecule has 0 radical (unpaired) electrons. The Morgan fingerprint density at radius 1 is 1.45 bits per heavy atom. The van der Waals surface area contributed by atoms with E-state index in [0.717, 1.165) is 25.7 Å². The van der Waals surface area contributed by atoms with Crippen LogP contribution >= 0.6 is 0 Å². The SMILES string of the molecule is C=C1CCC(C(=O)N=O)CC1. The molecule has 0 bridgehead atoms. The normalized spacial score (nSPS) is 19.8. The molecule has 0 aliphatic heterocycles. The minimum atomic E-state index is -0.488. The third-order valence-electron chi connectivity index (χ3n) is 2.13. The van der Waals surface area contributed by atoms with Crippen LogP contribution in [-0.2, 0) is 4.79 Å². The Labute approximate surface area is 65.5 Å². The maximum atomic E-state index is 10.8. The van der Waals surface area contributed by atoms with Crippen LogP contribution < -0.4 is 0 Å². The van der Waals surface area contributed by atoms with E-state index in [0.29, 0.717) is 0 Å². The molecule has 60 valence electrons. The Balaban J connectivity index is 2.44. The first-order valence-electron chi connectivity index (χ1n) is 3.78. The molecule has 1 rings (SSSR count). The third-order valence-corrected chi connectivity index (χ3v) is 2.13. The number of rotatable bonds is 1. The van der Waals surface area contributed by atoms with Gasteiger partial charge in [-0.05, 0) is 25.7 Å². The molecule has 0 heterocycles. The molecule has 0 spiro atoms. The number of hydrogen-bond donors (Lipinski definition) is 0. The molecular formula is C8H11NO2. The first kappa shape index (κ1) is 8.11. The van der Waals surface area contributed by atoms with Gasteiger partial charge in [-0.3, -0.25) is 4.79 Å². The quantitative estimate of drug-likeness (QED) is 0.427. The van der Waals surface area contributed by atoms with Gasteiger partial charge < -0.3 is 0 Å². The van der Waals surface area contributed by atoms with E-state index in [4.69, 9.17) is 0 Å². The predicted octanol–water partition coefficient (Wildman–Crippen LogP) is 2.03. The lowest BCUT2D eigenvalue weighted by Gasteiger charge is -2.18. The molecule has 3 nitrogen and oxygen atoms in total. The maximum Gasteiger partial charge on any atom is 0.289 e. The maximum absolute atomic E-state index is 10.8. The molecule has 0 aromatic rings. The van der Waals surface area contributed by atoms with Crippen LogP contribution in [-0.4, -0.2) is 5.91 Å². The monoisotopic (exact) mass is 153 g/mol. The second-order valence-corrected chi connectivity index (χ2v) is 2.95. The van der Waals surface area contributed by atoms with Gasteiger partial charge in [0, 0.05) is 11.1 Å². The molecule has 0 aromatic carbocycles. The molecule has 0 unspecified atom stereocenters. The van der Waals surface area contributed by atoms with Gasteiger partial charge in [0.05, 0.1) is 0 Å². The van der Waals surface area contributed by atoms with Crippen molar-refractivity contribution in [2.24, 2.45) is 11.1 Å². The van der Waals surface area contributed by atoms with E-state index in [2.05, 4.69) is 11.8 Å². The predicted molar refractivity (Wildman–Crippen MR) is 41.9 cm³/mol. The van der Waals surface area contributed by atoms with Crippen LogP contribution in [0.3, 0.4) is 0 Å². The fourth-order valence-corrected chi connectivity index (χ4v) is 1.35. The lowest BCUT2D eigenvalue weighted by molar-refractivity contribution is -0.122. The number of nitrogens with zero attached hydrogens (tertiary/aromatic N) is 1. The molecule has 1 fully saturated rings. The minimum absolute atomic E-state index is 0.127. The lowest BCUT2D eigenvalue weighted by Crippen LogP contribution is -2.15. The molecular weight excluding hydrogens is 142 g/mol. The van der Waals surface area contributed by atoms with E-state index in [1.54, 1.807) is 0 Å². The summed E-state index contributed by atoms with van der Waals surface area (Å²) in [5.74, 6) is -0.615. The van der Waals surface area contributed by atoms with E-state index in [1.807, 2.05) is 0 Å². The summed E-state index contributed by atoms with van der Waals surface area (Å²) in [4.78, 5) is 20.6. The van der Waals surface area contributed by atoms with Crippen LogP contribution in [0.25, 0.3) is 0 Å². The number of amides is 1. The van der Waals surface area contributed by atoms with E-state index in [-0.39, 0.29) is 5.92 Å². The zero-order chi connectivity index (χ0) is 8.27. The summed E-state index contributed by atoms with van der Waals surface area (Å²) in [5.41, 5.74) is 1.18. The first-order chi connectivity index (χ1) is 5.24. The largest absolute Gasteiger partial charge is 0.289 e. The minimum Gasteiger partial charge on any atom is -0.269 e. The Hall–Kier alpha value is -0.990. The zero-order valence-electron chi connectivity index (χ0n) is 6.38. The molecule has 1 amide bonds. The highest BCUT2D eigenvalue weighted by molar-refractivity contribution is 5.79. The van der Waals surface area contributed by atoms with Gasteiger partial charge in [-0.2, -0.15) is 0 Å². The van der Waals surface area contributed by atoms with Gasteiger partial charge >= 0.3 is 0 Å². The molecule has 0 saturated heterocycles. The van der Waals surface area contributed by atoms with Gasteiger partial charge in [-0.1, -0.05) is 12.2 Å². The Morgan fingerprint density at radius 3 is 2.45 bits per heavy atom. The van der Waals surface area contributed by atoms with Crippen LogP contribution in [0.5, 0.6) is 0 Å². The Bertz CT molecular complexity index is 188. The van der Waals surface area contributed by atoms with E-state index < -0.39 is 5.91 Å². The summed E-state index contributed by atoms with van der Waals surface area (Å²) in [6.45, 7) is 3.81. The number of carbonyl (C=O) groups is 1. The number of carbonyl (C=O) groups excluding carboxylic acids is 1. The summed E-state index contributed by atoms with van der Waals surface area (Å²) < 4.78 is 0. The van der Waals surface area contributed by atoms with Crippen molar-refractivity contribution in [2.45, 2.75) is 25.7 Å². The van der Waals surface area contributed by atoms with Crippen molar-refractivity contribution in [1.29, 1.82) is 0 Å². The van der Waals surface area contributed by atoms with Gasteiger partial charge in [0.15, 0.2) is 0 Å². The molecule has 1 aliphatic carbocycles. The van der Waals surface area contributed by atoms with E-state index in [9.17, 15) is 9.70 Å².